The van der Waals surface area contributed by atoms with Crippen LogP contribution in [0.25, 0.3) is 0 Å². The van der Waals surface area contributed by atoms with E-state index in [2.05, 4.69) is 19.9 Å². The quantitative estimate of drug-likeness (QED) is 0.226. The first-order chi connectivity index (χ1) is 14.5. The van der Waals surface area contributed by atoms with Crippen LogP contribution < -0.4 is 14.8 Å². The molecular formula is C20H21N3O6S. The van der Waals surface area contributed by atoms with Crippen LogP contribution in [-0.4, -0.2) is 41.6 Å². The van der Waals surface area contributed by atoms with Crippen molar-refractivity contribution in [2.75, 3.05) is 30.3 Å². The zero-order valence-corrected chi connectivity index (χ0v) is 17.2. The number of benzene rings is 2. The average molecular weight is 431 g/mol. The van der Waals surface area contributed by atoms with Gasteiger partial charge >= 0.3 is 5.97 Å². The van der Waals surface area contributed by atoms with Gasteiger partial charge in [0.15, 0.2) is 17.3 Å². The third kappa shape index (κ3) is 5.51. The van der Waals surface area contributed by atoms with Crippen LogP contribution >= 0.6 is 11.9 Å². The molecule has 0 saturated heterocycles. The highest BCUT2D eigenvalue weighted by Crippen LogP contribution is 2.37. The molecular weight excluding hydrogens is 410 g/mol. The summed E-state index contributed by atoms with van der Waals surface area (Å²) in [7, 11) is 1.21. The summed E-state index contributed by atoms with van der Waals surface area (Å²) >= 11 is 1.42. The highest BCUT2D eigenvalue weighted by molar-refractivity contribution is 8.00. The number of carbonyl (C=O) groups is 1. The van der Waals surface area contributed by atoms with Crippen molar-refractivity contribution in [2.45, 2.75) is 11.8 Å². The van der Waals surface area contributed by atoms with Gasteiger partial charge in [-0.15, -0.1) is 0 Å². The fraction of sp³-hybridized carbons (Fsp3) is 0.200. The van der Waals surface area contributed by atoms with E-state index in [4.69, 9.17) is 9.26 Å². The van der Waals surface area contributed by atoms with E-state index in [1.807, 2.05) is 37.3 Å². The van der Waals surface area contributed by atoms with Gasteiger partial charge in [0.2, 0.25) is 5.75 Å². The molecule has 1 aromatic heterocycles. The third-order valence-corrected chi connectivity index (χ3v) is 4.72. The summed E-state index contributed by atoms with van der Waals surface area (Å²) in [6, 6.07) is 11.9. The Morgan fingerprint density at radius 1 is 1.17 bits per heavy atom. The molecule has 4 N–H and O–H groups in total. The highest BCUT2D eigenvalue weighted by atomic mass is 32.2. The lowest BCUT2D eigenvalue weighted by Gasteiger charge is -2.12. The lowest BCUT2D eigenvalue weighted by atomic mass is 10.2. The molecule has 0 unspecified atom stereocenters. The number of anilines is 2. The summed E-state index contributed by atoms with van der Waals surface area (Å²) in [6.07, 6.45) is 0. The van der Waals surface area contributed by atoms with Crippen LogP contribution in [0.3, 0.4) is 0 Å². The van der Waals surface area contributed by atoms with Gasteiger partial charge in [-0.25, -0.2) is 4.79 Å². The van der Waals surface area contributed by atoms with Gasteiger partial charge in [0.25, 0.3) is 0 Å². The Bertz CT molecular complexity index is 983. The predicted octanol–water partition coefficient (Wildman–Crippen LogP) is 3.79. The largest absolute Gasteiger partial charge is 0.504 e. The second kappa shape index (κ2) is 9.79. The van der Waals surface area contributed by atoms with E-state index in [1.54, 1.807) is 0 Å². The Kier molecular flexibility index (Phi) is 6.91. The van der Waals surface area contributed by atoms with Gasteiger partial charge in [-0.05, 0) is 55.3 Å². The Morgan fingerprint density at radius 3 is 2.47 bits per heavy atom. The van der Waals surface area contributed by atoms with Crippen molar-refractivity contribution in [3.63, 3.8) is 0 Å². The Balaban J connectivity index is 1.46. The summed E-state index contributed by atoms with van der Waals surface area (Å²) in [5.41, 5.74) is 0.916. The second-order valence-corrected chi connectivity index (χ2v) is 7.04. The van der Waals surface area contributed by atoms with Crippen molar-refractivity contribution in [3.8, 4) is 17.2 Å². The molecule has 0 amide bonds. The number of nitrogens with one attached hydrogen (secondary N) is 2. The Morgan fingerprint density at radius 2 is 1.87 bits per heavy atom. The van der Waals surface area contributed by atoms with Crippen molar-refractivity contribution in [3.05, 3.63) is 53.8 Å². The van der Waals surface area contributed by atoms with Gasteiger partial charge < -0.3 is 34.2 Å². The number of aryl methyl sites for hydroxylation is 1. The topological polar surface area (TPSA) is 126 Å². The molecule has 9 nitrogen and oxygen atoms in total. The molecule has 0 atom stereocenters. The number of nitrogens with zero attached hydrogens (tertiary/aromatic N) is 1. The summed E-state index contributed by atoms with van der Waals surface area (Å²) in [6.45, 7) is 2.44. The predicted molar refractivity (Wildman–Crippen MR) is 112 cm³/mol. The molecule has 30 heavy (non-hydrogen) atoms. The average Bonchev–Trinajstić information content (AvgIpc) is 3.16. The van der Waals surface area contributed by atoms with Gasteiger partial charge in [0, 0.05) is 23.2 Å². The standard InChI is InChI=1S/C20H21N3O6S/c1-12-9-18(22-29-12)23-30-15-5-3-14(4-6-15)21-7-8-28-19-16(24)10-13(11-17(19)25)20(26)27-2/h3-6,9-11,21,24-25H,7-8H2,1-2H3,(H,22,23). The molecule has 0 bridgehead atoms. The van der Waals surface area contributed by atoms with Gasteiger partial charge in [0.05, 0.1) is 12.7 Å². The summed E-state index contributed by atoms with van der Waals surface area (Å²) < 4.78 is 18.1. The van der Waals surface area contributed by atoms with E-state index in [1.165, 1.54) is 31.2 Å². The van der Waals surface area contributed by atoms with Crippen LogP contribution in [0.1, 0.15) is 16.1 Å². The monoisotopic (exact) mass is 431 g/mol. The number of aromatic nitrogens is 1. The molecule has 0 spiro atoms. The van der Waals surface area contributed by atoms with Crippen LogP contribution in [0.5, 0.6) is 17.2 Å². The summed E-state index contributed by atoms with van der Waals surface area (Å²) in [5, 5.41) is 27.0. The van der Waals surface area contributed by atoms with Crippen molar-refractivity contribution in [1.29, 1.82) is 0 Å². The molecule has 0 radical (unpaired) electrons. The maximum atomic E-state index is 11.5. The molecule has 3 rings (SSSR count). The van der Waals surface area contributed by atoms with E-state index >= 15 is 0 Å². The molecule has 158 valence electrons. The first-order valence-corrected chi connectivity index (χ1v) is 9.75. The lowest BCUT2D eigenvalue weighted by molar-refractivity contribution is 0.0599. The number of rotatable bonds is 9. The Labute approximate surface area is 177 Å². The van der Waals surface area contributed by atoms with Crippen LogP contribution in [0.4, 0.5) is 11.5 Å². The number of hydrogen-bond acceptors (Lipinski definition) is 10. The molecule has 1 heterocycles. The van der Waals surface area contributed by atoms with Crippen LogP contribution in [0, 0.1) is 6.92 Å². The van der Waals surface area contributed by atoms with Crippen molar-refractivity contribution in [1.82, 2.24) is 5.16 Å². The number of aromatic hydroxyl groups is 2. The first kappa shape index (κ1) is 21.2. The smallest absolute Gasteiger partial charge is 0.338 e. The van der Waals surface area contributed by atoms with Gasteiger partial charge in [-0.3, -0.25) is 0 Å². The van der Waals surface area contributed by atoms with E-state index in [0.717, 1.165) is 16.3 Å². The number of methoxy groups -OCH3 is 1. The van der Waals surface area contributed by atoms with Crippen LogP contribution in [-0.2, 0) is 4.74 Å². The minimum absolute atomic E-state index is 0.0316. The van der Waals surface area contributed by atoms with Crippen molar-refractivity contribution < 1.29 is 29.0 Å². The van der Waals surface area contributed by atoms with Gasteiger partial charge in [-0.1, -0.05) is 5.16 Å². The zero-order valence-electron chi connectivity index (χ0n) is 16.3. The SMILES string of the molecule is COC(=O)c1cc(O)c(OCCNc2ccc(SNc3cc(C)on3)cc2)c(O)c1. The molecule has 0 aliphatic heterocycles. The Hall–Kier alpha value is -3.53. The third-order valence-electron chi connectivity index (χ3n) is 3.90. The highest BCUT2D eigenvalue weighted by Gasteiger charge is 2.15. The van der Waals surface area contributed by atoms with Crippen molar-refractivity contribution in [2.24, 2.45) is 0 Å². The maximum Gasteiger partial charge on any atom is 0.338 e. The van der Waals surface area contributed by atoms with Crippen LogP contribution in [0.15, 0.2) is 51.9 Å². The number of carbonyl (C=O) groups excluding carboxylic acids is 1. The normalized spacial score (nSPS) is 10.5. The van der Waals surface area contributed by atoms with Crippen molar-refractivity contribution >= 4 is 29.4 Å². The van der Waals surface area contributed by atoms with E-state index in [-0.39, 0.29) is 29.4 Å². The molecule has 3 aromatic rings. The fourth-order valence-electron chi connectivity index (χ4n) is 2.50. The summed E-state index contributed by atoms with van der Waals surface area (Å²) in [4.78, 5) is 12.5. The lowest BCUT2D eigenvalue weighted by Crippen LogP contribution is -2.11. The number of phenolic OH excluding ortho intramolecular Hbond substituents is 2. The van der Waals surface area contributed by atoms with E-state index in [0.29, 0.717) is 12.4 Å². The number of esters is 1. The van der Waals surface area contributed by atoms with E-state index in [9.17, 15) is 15.0 Å². The fourth-order valence-corrected chi connectivity index (χ4v) is 3.09. The molecule has 0 saturated carbocycles. The first-order valence-electron chi connectivity index (χ1n) is 8.93. The second-order valence-electron chi connectivity index (χ2n) is 6.16. The van der Waals surface area contributed by atoms with Crippen LogP contribution in [0.2, 0.25) is 0 Å². The molecule has 0 aliphatic rings. The molecule has 2 aromatic carbocycles. The number of phenols is 2. The van der Waals surface area contributed by atoms with Gasteiger partial charge in [0.1, 0.15) is 12.4 Å². The summed E-state index contributed by atoms with van der Waals surface area (Å²) in [5.74, 6) is -0.0470. The minimum Gasteiger partial charge on any atom is -0.504 e. The number of ether oxygens (including phenoxy) is 2. The molecule has 0 fully saturated rings. The molecule has 0 aliphatic carbocycles. The zero-order chi connectivity index (χ0) is 21.5. The van der Waals surface area contributed by atoms with E-state index < -0.39 is 5.97 Å². The maximum absolute atomic E-state index is 11.5. The number of hydrogen-bond donors (Lipinski definition) is 4. The minimum atomic E-state index is -0.665. The van der Waals surface area contributed by atoms with Gasteiger partial charge in [-0.2, -0.15) is 0 Å². The molecule has 10 heteroatoms.